The molecule has 0 spiro atoms. The average molecular weight is 485 g/mol. The number of rotatable bonds is 7. The highest BCUT2D eigenvalue weighted by molar-refractivity contribution is 6.34. The first-order chi connectivity index (χ1) is 17.4. The number of para-hydroxylation sites is 1. The molecule has 0 saturated heterocycles. The van der Waals surface area contributed by atoms with Gasteiger partial charge in [-0.1, -0.05) is 12.1 Å². The molecule has 1 atom stereocenters. The molecule has 0 radical (unpaired) electrons. The Kier molecular flexibility index (Phi) is 5.93. The van der Waals surface area contributed by atoms with E-state index in [-0.39, 0.29) is 16.7 Å². The summed E-state index contributed by atoms with van der Waals surface area (Å²) in [5.74, 6) is 0.515. The van der Waals surface area contributed by atoms with Crippen molar-refractivity contribution in [1.29, 1.82) is 0 Å². The van der Waals surface area contributed by atoms with E-state index in [0.29, 0.717) is 35.1 Å². The summed E-state index contributed by atoms with van der Waals surface area (Å²) < 4.78 is 16.7. The number of nitrogens with zero attached hydrogens (tertiary/aromatic N) is 1. The fraction of sp³-hybridized carbons (Fsp3) is 0.179. The lowest BCUT2D eigenvalue weighted by molar-refractivity contribution is 0.0921. The van der Waals surface area contributed by atoms with Crippen LogP contribution in [0.3, 0.4) is 0 Å². The Morgan fingerprint density at radius 2 is 1.75 bits per heavy atom. The van der Waals surface area contributed by atoms with Gasteiger partial charge in [0, 0.05) is 10.9 Å². The molecule has 1 aromatic heterocycles. The average Bonchev–Trinajstić information content (AvgIpc) is 3.44. The van der Waals surface area contributed by atoms with Crippen LogP contribution in [0.5, 0.6) is 11.5 Å². The fourth-order valence-corrected chi connectivity index (χ4v) is 4.26. The second kappa shape index (κ2) is 9.22. The van der Waals surface area contributed by atoms with E-state index in [4.69, 9.17) is 13.9 Å². The number of ether oxygens (including phenoxy) is 2. The molecule has 36 heavy (non-hydrogen) atoms. The van der Waals surface area contributed by atoms with Crippen LogP contribution in [0, 0.1) is 0 Å². The van der Waals surface area contributed by atoms with Crippen molar-refractivity contribution in [2.75, 3.05) is 18.6 Å². The Morgan fingerprint density at radius 1 is 1.00 bits per heavy atom. The Hall–Kier alpha value is -4.59. The molecule has 3 amide bonds. The summed E-state index contributed by atoms with van der Waals surface area (Å²) in [6.45, 7) is 4.19. The molecule has 0 fully saturated rings. The van der Waals surface area contributed by atoms with Gasteiger partial charge in [0.2, 0.25) is 0 Å². The maximum absolute atomic E-state index is 13.1. The summed E-state index contributed by atoms with van der Waals surface area (Å²) in [5.41, 5.74) is 1.74. The number of hydrogen-bond donors (Lipinski definition) is 1. The minimum atomic E-state index is -0.480. The predicted octanol–water partition coefficient (Wildman–Crippen LogP) is 5.13. The minimum Gasteiger partial charge on any atom is -0.494 e. The fourth-order valence-electron chi connectivity index (χ4n) is 4.26. The first kappa shape index (κ1) is 23.2. The first-order valence-electron chi connectivity index (χ1n) is 11.5. The number of imide groups is 1. The van der Waals surface area contributed by atoms with Crippen molar-refractivity contribution in [1.82, 2.24) is 5.32 Å². The Bertz CT molecular complexity index is 1490. The molecule has 8 nitrogen and oxygen atoms in total. The lowest BCUT2D eigenvalue weighted by atomic mass is 10.0. The molecule has 1 aliphatic rings. The third kappa shape index (κ3) is 3.96. The monoisotopic (exact) mass is 484 g/mol. The van der Waals surface area contributed by atoms with Gasteiger partial charge < -0.3 is 19.2 Å². The number of hydrogen-bond acceptors (Lipinski definition) is 6. The second-order valence-electron chi connectivity index (χ2n) is 8.36. The highest BCUT2D eigenvalue weighted by atomic mass is 16.5. The zero-order valence-electron chi connectivity index (χ0n) is 20.0. The zero-order chi connectivity index (χ0) is 25.4. The highest BCUT2D eigenvalue weighted by Crippen LogP contribution is 2.32. The van der Waals surface area contributed by atoms with Gasteiger partial charge in [0.15, 0.2) is 11.3 Å². The van der Waals surface area contributed by atoms with Crippen LogP contribution in [0.25, 0.3) is 11.0 Å². The van der Waals surface area contributed by atoms with Gasteiger partial charge in [-0.05, 0) is 68.4 Å². The molecule has 1 unspecified atom stereocenters. The lowest BCUT2D eigenvalue weighted by Crippen LogP contribution is -2.29. The summed E-state index contributed by atoms with van der Waals surface area (Å²) >= 11 is 0. The summed E-state index contributed by atoms with van der Waals surface area (Å²) in [6.07, 6.45) is 0. The van der Waals surface area contributed by atoms with Crippen molar-refractivity contribution in [2.45, 2.75) is 19.9 Å². The molecule has 2 heterocycles. The standard InChI is InChI=1S/C28H24N2O6/c1-4-35-20-11-9-19(10-12-20)30-27(32)21-13-8-18(14-22(21)28(30)33)26(31)29-16(2)24-15-17-6-5-7-23(34-3)25(17)36-24/h5-16H,4H2,1-3H3,(H,29,31). The van der Waals surface area contributed by atoms with Crippen molar-refractivity contribution < 1.29 is 28.3 Å². The largest absolute Gasteiger partial charge is 0.494 e. The Balaban J connectivity index is 1.35. The van der Waals surface area contributed by atoms with Gasteiger partial charge in [-0.3, -0.25) is 14.4 Å². The van der Waals surface area contributed by atoms with Crippen molar-refractivity contribution in [3.8, 4) is 11.5 Å². The van der Waals surface area contributed by atoms with Gasteiger partial charge in [0.1, 0.15) is 11.5 Å². The van der Waals surface area contributed by atoms with Crippen LogP contribution in [0.1, 0.15) is 56.7 Å². The van der Waals surface area contributed by atoms with Crippen LogP contribution >= 0.6 is 0 Å². The highest BCUT2D eigenvalue weighted by Gasteiger charge is 2.37. The molecule has 1 N–H and O–H groups in total. The number of carbonyl (C=O) groups is 3. The first-order valence-corrected chi connectivity index (χ1v) is 11.5. The van der Waals surface area contributed by atoms with Crippen LogP contribution in [0.4, 0.5) is 5.69 Å². The van der Waals surface area contributed by atoms with E-state index in [1.807, 2.05) is 25.1 Å². The zero-order valence-corrected chi connectivity index (χ0v) is 20.0. The Morgan fingerprint density at radius 3 is 2.47 bits per heavy atom. The summed E-state index contributed by atoms with van der Waals surface area (Å²) in [4.78, 5) is 40.2. The van der Waals surface area contributed by atoms with Crippen molar-refractivity contribution >= 4 is 34.4 Å². The van der Waals surface area contributed by atoms with Gasteiger partial charge >= 0.3 is 0 Å². The number of carbonyl (C=O) groups excluding carboxylic acids is 3. The third-order valence-electron chi connectivity index (χ3n) is 6.08. The van der Waals surface area contributed by atoms with Crippen LogP contribution < -0.4 is 19.7 Å². The maximum atomic E-state index is 13.1. The van der Waals surface area contributed by atoms with Crippen molar-refractivity contribution in [2.24, 2.45) is 0 Å². The maximum Gasteiger partial charge on any atom is 0.266 e. The lowest BCUT2D eigenvalue weighted by Gasteiger charge is -2.14. The molecule has 5 rings (SSSR count). The van der Waals surface area contributed by atoms with Crippen molar-refractivity contribution in [3.63, 3.8) is 0 Å². The molecule has 1 aliphatic heterocycles. The van der Waals surface area contributed by atoms with Crippen molar-refractivity contribution in [3.05, 3.63) is 89.2 Å². The number of anilines is 1. The number of amides is 3. The number of methoxy groups -OCH3 is 1. The molecule has 8 heteroatoms. The smallest absolute Gasteiger partial charge is 0.266 e. The van der Waals surface area contributed by atoms with Gasteiger partial charge in [-0.15, -0.1) is 0 Å². The van der Waals surface area contributed by atoms with E-state index >= 15 is 0 Å². The molecular formula is C28H24N2O6. The van der Waals surface area contributed by atoms with Crippen LogP contribution in [-0.2, 0) is 0 Å². The van der Waals surface area contributed by atoms with Crippen LogP contribution in [-0.4, -0.2) is 31.4 Å². The second-order valence-corrected chi connectivity index (χ2v) is 8.36. The van der Waals surface area contributed by atoms with E-state index in [1.54, 1.807) is 44.4 Å². The Labute approximate surface area is 207 Å². The third-order valence-corrected chi connectivity index (χ3v) is 6.08. The van der Waals surface area contributed by atoms with E-state index in [9.17, 15) is 14.4 Å². The van der Waals surface area contributed by atoms with Gasteiger partial charge in [0.25, 0.3) is 17.7 Å². The predicted molar refractivity (Wildman–Crippen MR) is 134 cm³/mol. The molecule has 182 valence electrons. The van der Waals surface area contributed by atoms with Gasteiger partial charge in [-0.25, -0.2) is 4.90 Å². The topological polar surface area (TPSA) is 98.1 Å². The molecule has 4 aromatic rings. The summed E-state index contributed by atoms with van der Waals surface area (Å²) in [6, 6.07) is 18.2. The van der Waals surface area contributed by atoms with E-state index in [1.165, 1.54) is 18.2 Å². The number of furan rings is 1. The molecule has 0 saturated carbocycles. The SMILES string of the molecule is CCOc1ccc(N2C(=O)c3ccc(C(=O)NC(C)c4cc5cccc(OC)c5o4)cc3C2=O)cc1. The minimum absolute atomic E-state index is 0.183. The molecule has 0 aliphatic carbocycles. The van der Waals surface area contributed by atoms with E-state index in [2.05, 4.69) is 5.32 Å². The molecular weight excluding hydrogens is 460 g/mol. The van der Waals surface area contributed by atoms with Crippen LogP contribution in [0.15, 0.2) is 71.1 Å². The summed E-state index contributed by atoms with van der Waals surface area (Å²) in [5, 5.41) is 3.75. The summed E-state index contributed by atoms with van der Waals surface area (Å²) in [7, 11) is 1.57. The van der Waals surface area contributed by atoms with Crippen LogP contribution in [0.2, 0.25) is 0 Å². The van der Waals surface area contributed by atoms with Gasteiger partial charge in [-0.2, -0.15) is 0 Å². The van der Waals surface area contributed by atoms with E-state index < -0.39 is 23.8 Å². The number of fused-ring (bicyclic) bond motifs is 2. The van der Waals surface area contributed by atoms with Gasteiger partial charge in [0.05, 0.1) is 36.6 Å². The number of nitrogens with one attached hydrogen (secondary N) is 1. The normalized spacial score (nSPS) is 13.6. The molecule has 3 aromatic carbocycles. The molecule has 0 bridgehead atoms. The quantitative estimate of drug-likeness (QED) is 0.365. The number of benzene rings is 3. The van der Waals surface area contributed by atoms with E-state index in [0.717, 1.165) is 10.3 Å².